The Hall–Kier alpha value is -1.76. The van der Waals surface area contributed by atoms with Crippen LogP contribution in [0.4, 0.5) is 0 Å². The van der Waals surface area contributed by atoms with Crippen molar-refractivity contribution in [1.29, 1.82) is 0 Å². The zero-order valence-corrected chi connectivity index (χ0v) is 7.40. The molecule has 0 aliphatic carbocycles. The molecule has 0 atom stereocenters. The third-order valence-corrected chi connectivity index (χ3v) is 1.70. The van der Waals surface area contributed by atoms with Gasteiger partial charge in [-0.3, -0.25) is 0 Å². The van der Waals surface area contributed by atoms with Crippen molar-refractivity contribution < 1.29 is 5.11 Å². The first-order valence-electron chi connectivity index (χ1n) is 4.02. The largest absolute Gasteiger partial charge is 0.508 e. The Morgan fingerprint density at radius 3 is 2.62 bits per heavy atom. The Morgan fingerprint density at radius 1 is 1.31 bits per heavy atom. The zero-order chi connectivity index (χ0) is 9.68. The van der Waals surface area contributed by atoms with Gasteiger partial charge in [0, 0.05) is 0 Å². The van der Waals surface area contributed by atoms with E-state index in [-0.39, 0.29) is 5.75 Å². The predicted molar refractivity (Wildman–Crippen MR) is 56.5 cm³/mol. The zero-order valence-electron chi connectivity index (χ0n) is 7.40. The van der Waals surface area contributed by atoms with Crippen molar-refractivity contribution in [3.63, 3.8) is 0 Å². The Bertz CT molecular complexity index is 348. The summed E-state index contributed by atoms with van der Waals surface area (Å²) in [6.07, 6.45) is 5.28. The standard InChI is InChI=1S/C12H12O/c1-3-6-10(4-2)11-7-5-8-12(13)9-11/h3-9,13H,1-2H2/b10-6+. The molecule has 1 heteroatoms. The second-order valence-electron chi connectivity index (χ2n) is 2.61. The van der Waals surface area contributed by atoms with Gasteiger partial charge in [-0.25, -0.2) is 0 Å². The number of allylic oxidation sites excluding steroid dienone is 4. The van der Waals surface area contributed by atoms with E-state index in [9.17, 15) is 5.11 Å². The number of hydrogen-bond acceptors (Lipinski definition) is 1. The van der Waals surface area contributed by atoms with E-state index in [0.717, 1.165) is 11.1 Å². The van der Waals surface area contributed by atoms with Crippen LogP contribution in [0, 0.1) is 0 Å². The maximum Gasteiger partial charge on any atom is 0.116 e. The summed E-state index contributed by atoms with van der Waals surface area (Å²) in [4.78, 5) is 0. The quantitative estimate of drug-likeness (QED) is 0.694. The van der Waals surface area contributed by atoms with Crippen molar-refractivity contribution in [2.75, 3.05) is 0 Å². The van der Waals surface area contributed by atoms with Crippen molar-refractivity contribution >= 4 is 5.57 Å². The molecule has 0 aliphatic rings. The second kappa shape index (κ2) is 4.31. The van der Waals surface area contributed by atoms with Gasteiger partial charge in [-0.1, -0.05) is 43.5 Å². The molecule has 0 saturated carbocycles. The van der Waals surface area contributed by atoms with E-state index in [4.69, 9.17) is 0 Å². The monoisotopic (exact) mass is 172 g/mol. The molecule has 0 fully saturated rings. The van der Waals surface area contributed by atoms with Gasteiger partial charge in [0.2, 0.25) is 0 Å². The average Bonchev–Trinajstić information content (AvgIpc) is 2.14. The molecule has 66 valence electrons. The fourth-order valence-corrected chi connectivity index (χ4v) is 1.09. The minimum atomic E-state index is 0.259. The molecule has 1 aromatic rings. The van der Waals surface area contributed by atoms with E-state index in [0.29, 0.717) is 0 Å². The molecule has 0 amide bonds. The minimum Gasteiger partial charge on any atom is -0.508 e. The summed E-state index contributed by atoms with van der Waals surface area (Å²) >= 11 is 0. The van der Waals surface area contributed by atoms with Crippen LogP contribution >= 0.6 is 0 Å². The van der Waals surface area contributed by atoms with Gasteiger partial charge in [-0.2, -0.15) is 0 Å². The molecule has 1 rings (SSSR count). The van der Waals surface area contributed by atoms with Gasteiger partial charge in [-0.05, 0) is 23.3 Å². The van der Waals surface area contributed by atoms with Gasteiger partial charge in [0.1, 0.15) is 5.75 Å². The van der Waals surface area contributed by atoms with E-state index in [1.807, 2.05) is 12.1 Å². The van der Waals surface area contributed by atoms with E-state index in [2.05, 4.69) is 13.2 Å². The summed E-state index contributed by atoms with van der Waals surface area (Å²) in [5.74, 6) is 0.259. The lowest BCUT2D eigenvalue weighted by atomic mass is 10.1. The number of rotatable bonds is 3. The Labute approximate surface area is 78.3 Å². The summed E-state index contributed by atoms with van der Waals surface area (Å²) < 4.78 is 0. The van der Waals surface area contributed by atoms with Crippen LogP contribution in [0.15, 0.2) is 55.7 Å². The normalized spacial score (nSPS) is 10.9. The molecular formula is C12H12O. The van der Waals surface area contributed by atoms with Gasteiger partial charge in [0.15, 0.2) is 0 Å². The number of benzene rings is 1. The molecule has 0 saturated heterocycles. The lowest BCUT2D eigenvalue weighted by molar-refractivity contribution is 0.475. The highest BCUT2D eigenvalue weighted by atomic mass is 16.3. The first-order chi connectivity index (χ1) is 6.27. The molecule has 0 aromatic heterocycles. The Kier molecular flexibility index (Phi) is 3.09. The number of aromatic hydroxyl groups is 1. The Balaban J connectivity index is 3.12. The van der Waals surface area contributed by atoms with Crippen LogP contribution in [0.25, 0.3) is 5.57 Å². The van der Waals surface area contributed by atoms with Crippen LogP contribution < -0.4 is 0 Å². The molecule has 13 heavy (non-hydrogen) atoms. The summed E-state index contributed by atoms with van der Waals surface area (Å²) in [5, 5.41) is 9.24. The van der Waals surface area contributed by atoms with Crippen LogP contribution in [0.5, 0.6) is 5.75 Å². The van der Waals surface area contributed by atoms with E-state index < -0.39 is 0 Å². The summed E-state index contributed by atoms with van der Waals surface area (Å²) in [5.41, 5.74) is 1.89. The molecule has 0 heterocycles. The maximum atomic E-state index is 9.24. The molecule has 0 aliphatic heterocycles. The fourth-order valence-electron chi connectivity index (χ4n) is 1.09. The van der Waals surface area contributed by atoms with Gasteiger partial charge < -0.3 is 5.11 Å². The van der Waals surface area contributed by atoms with Gasteiger partial charge >= 0.3 is 0 Å². The number of phenolic OH excluding ortho intramolecular Hbond substituents is 1. The van der Waals surface area contributed by atoms with Crippen LogP contribution in [-0.4, -0.2) is 5.11 Å². The lowest BCUT2D eigenvalue weighted by Crippen LogP contribution is -1.78. The molecule has 1 N–H and O–H groups in total. The van der Waals surface area contributed by atoms with Gasteiger partial charge in [0.25, 0.3) is 0 Å². The van der Waals surface area contributed by atoms with Crippen molar-refractivity contribution in [1.82, 2.24) is 0 Å². The van der Waals surface area contributed by atoms with Gasteiger partial charge in [-0.15, -0.1) is 0 Å². The van der Waals surface area contributed by atoms with Gasteiger partial charge in [0.05, 0.1) is 0 Å². The third-order valence-electron chi connectivity index (χ3n) is 1.70. The van der Waals surface area contributed by atoms with Crippen LogP contribution in [0.1, 0.15) is 5.56 Å². The molecule has 0 bridgehead atoms. The molecule has 0 unspecified atom stereocenters. The minimum absolute atomic E-state index is 0.259. The van der Waals surface area contributed by atoms with Crippen LogP contribution in [-0.2, 0) is 0 Å². The average molecular weight is 172 g/mol. The van der Waals surface area contributed by atoms with Crippen molar-refractivity contribution in [3.05, 3.63) is 61.2 Å². The van der Waals surface area contributed by atoms with Crippen molar-refractivity contribution in [2.45, 2.75) is 0 Å². The predicted octanol–water partition coefficient (Wildman–Crippen LogP) is 3.15. The van der Waals surface area contributed by atoms with Crippen molar-refractivity contribution in [2.24, 2.45) is 0 Å². The molecule has 1 nitrogen and oxygen atoms in total. The highest BCUT2D eigenvalue weighted by Gasteiger charge is 1.96. The molecule has 0 spiro atoms. The highest BCUT2D eigenvalue weighted by Crippen LogP contribution is 2.19. The fraction of sp³-hybridized carbons (Fsp3) is 0. The number of phenols is 1. The van der Waals surface area contributed by atoms with E-state index in [1.165, 1.54) is 0 Å². The Morgan fingerprint density at radius 2 is 2.08 bits per heavy atom. The summed E-state index contributed by atoms with van der Waals surface area (Å²) in [7, 11) is 0. The third kappa shape index (κ3) is 2.34. The SMILES string of the molecule is C=C/C=C(\C=C)c1cccc(O)c1. The molecule has 0 radical (unpaired) electrons. The van der Waals surface area contributed by atoms with Crippen LogP contribution in [0.2, 0.25) is 0 Å². The van der Waals surface area contributed by atoms with E-state index in [1.54, 1.807) is 30.4 Å². The summed E-state index contributed by atoms with van der Waals surface area (Å²) in [6.45, 7) is 7.30. The topological polar surface area (TPSA) is 20.2 Å². The van der Waals surface area contributed by atoms with E-state index >= 15 is 0 Å². The first-order valence-corrected chi connectivity index (χ1v) is 4.02. The smallest absolute Gasteiger partial charge is 0.116 e. The molecular weight excluding hydrogens is 160 g/mol. The highest BCUT2D eigenvalue weighted by molar-refractivity contribution is 5.75. The summed E-state index contributed by atoms with van der Waals surface area (Å²) in [6, 6.07) is 7.04. The second-order valence-corrected chi connectivity index (χ2v) is 2.61. The number of hydrogen-bond donors (Lipinski definition) is 1. The van der Waals surface area contributed by atoms with Crippen molar-refractivity contribution in [3.8, 4) is 5.75 Å². The van der Waals surface area contributed by atoms with Crippen LogP contribution in [0.3, 0.4) is 0 Å². The maximum absolute atomic E-state index is 9.24. The first kappa shape index (κ1) is 9.33. The molecule has 1 aromatic carbocycles. The lowest BCUT2D eigenvalue weighted by Gasteiger charge is -2.01.